The van der Waals surface area contributed by atoms with E-state index in [0.717, 1.165) is 11.3 Å². The molecule has 0 saturated heterocycles. The van der Waals surface area contributed by atoms with Crippen molar-refractivity contribution in [2.45, 2.75) is 39.0 Å². The Kier molecular flexibility index (Phi) is 6.53. The zero-order chi connectivity index (χ0) is 18.4. The molecule has 1 unspecified atom stereocenters. The van der Waals surface area contributed by atoms with Gasteiger partial charge in [-0.3, -0.25) is 4.79 Å². The molecule has 0 aliphatic heterocycles. The minimum atomic E-state index is -1.03. The zero-order valence-corrected chi connectivity index (χ0v) is 14.8. The summed E-state index contributed by atoms with van der Waals surface area (Å²) in [6.07, 6.45) is -1.04. The largest absolute Gasteiger partial charge is 0.491 e. The van der Waals surface area contributed by atoms with Crippen LogP contribution in [0.5, 0.6) is 5.75 Å². The van der Waals surface area contributed by atoms with Crippen LogP contribution in [0.2, 0.25) is 0 Å². The van der Waals surface area contributed by atoms with Crippen LogP contribution < -0.4 is 4.74 Å². The Labute approximate surface area is 147 Å². The Morgan fingerprint density at radius 3 is 2.60 bits per heavy atom. The molecule has 2 aromatic rings. The molecule has 1 atom stereocenters. The summed E-state index contributed by atoms with van der Waals surface area (Å²) < 4.78 is 18.9. The number of aliphatic hydroxyl groups excluding tert-OH is 1. The van der Waals surface area contributed by atoms with E-state index in [1.807, 2.05) is 38.1 Å². The van der Waals surface area contributed by atoms with Crippen molar-refractivity contribution in [1.82, 2.24) is 4.90 Å². The SMILES string of the molecule is CC(C)Oc1cccc(CN(C)C(=O)CC(O)c2cccc(F)c2)c1. The van der Waals surface area contributed by atoms with Crippen LogP contribution in [-0.2, 0) is 11.3 Å². The molecular weight excluding hydrogens is 321 g/mol. The van der Waals surface area contributed by atoms with Crippen molar-refractivity contribution >= 4 is 5.91 Å². The Morgan fingerprint density at radius 1 is 1.20 bits per heavy atom. The summed E-state index contributed by atoms with van der Waals surface area (Å²) in [5.74, 6) is 0.111. The Hall–Kier alpha value is -2.40. The van der Waals surface area contributed by atoms with Crippen LogP contribution in [0.15, 0.2) is 48.5 Å². The lowest BCUT2D eigenvalue weighted by Gasteiger charge is -2.20. The zero-order valence-electron chi connectivity index (χ0n) is 14.8. The number of benzene rings is 2. The molecule has 5 heteroatoms. The van der Waals surface area contributed by atoms with Crippen molar-refractivity contribution in [2.24, 2.45) is 0 Å². The van der Waals surface area contributed by atoms with Crippen molar-refractivity contribution in [3.63, 3.8) is 0 Å². The van der Waals surface area contributed by atoms with E-state index < -0.39 is 11.9 Å². The highest BCUT2D eigenvalue weighted by atomic mass is 19.1. The van der Waals surface area contributed by atoms with Crippen LogP contribution >= 0.6 is 0 Å². The first-order valence-electron chi connectivity index (χ1n) is 8.28. The Balaban J connectivity index is 1.96. The number of nitrogens with zero attached hydrogens (tertiary/aromatic N) is 1. The number of rotatable bonds is 7. The van der Waals surface area contributed by atoms with E-state index in [1.165, 1.54) is 23.1 Å². The molecule has 2 rings (SSSR count). The fourth-order valence-corrected chi connectivity index (χ4v) is 2.50. The lowest BCUT2D eigenvalue weighted by atomic mass is 10.1. The first-order chi connectivity index (χ1) is 11.8. The van der Waals surface area contributed by atoms with Gasteiger partial charge >= 0.3 is 0 Å². The molecule has 1 N–H and O–H groups in total. The molecule has 1 amide bonds. The fraction of sp³-hybridized carbons (Fsp3) is 0.350. The minimum Gasteiger partial charge on any atom is -0.491 e. The number of aliphatic hydroxyl groups is 1. The number of hydrogen-bond donors (Lipinski definition) is 1. The Morgan fingerprint density at radius 2 is 1.92 bits per heavy atom. The van der Waals surface area contributed by atoms with Gasteiger partial charge in [0.05, 0.1) is 18.6 Å². The monoisotopic (exact) mass is 345 g/mol. The van der Waals surface area contributed by atoms with Crippen LogP contribution in [-0.4, -0.2) is 29.1 Å². The highest BCUT2D eigenvalue weighted by Gasteiger charge is 2.17. The summed E-state index contributed by atoms with van der Waals surface area (Å²) in [4.78, 5) is 13.9. The van der Waals surface area contributed by atoms with Gasteiger partial charge in [-0.15, -0.1) is 0 Å². The summed E-state index contributed by atoms with van der Waals surface area (Å²) in [5, 5.41) is 10.1. The predicted molar refractivity (Wildman–Crippen MR) is 94.7 cm³/mol. The number of carbonyl (C=O) groups is 1. The summed E-state index contributed by atoms with van der Waals surface area (Å²) in [6.45, 7) is 4.32. The summed E-state index contributed by atoms with van der Waals surface area (Å²) in [5.41, 5.74) is 1.34. The molecule has 0 bridgehead atoms. The van der Waals surface area contributed by atoms with Gasteiger partial charge in [0.1, 0.15) is 11.6 Å². The second-order valence-electron chi connectivity index (χ2n) is 6.34. The predicted octanol–water partition coefficient (Wildman–Crippen LogP) is 3.70. The maximum absolute atomic E-state index is 13.2. The maximum atomic E-state index is 13.2. The molecule has 0 fully saturated rings. The summed E-state index contributed by atoms with van der Waals surface area (Å²) >= 11 is 0. The fourth-order valence-electron chi connectivity index (χ4n) is 2.50. The van der Waals surface area contributed by atoms with Gasteiger partial charge in [-0.1, -0.05) is 24.3 Å². The molecule has 2 aromatic carbocycles. The average Bonchev–Trinajstić information content (AvgIpc) is 2.54. The molecule has 0 aromatic heterocycles. The quantitative estimate of drug-likeness (QED) is 0.832. The Bertz CT molecular complexity index is 718. The van der Waals surface area contributed by atoms with Gasteiger partial charge in [0.15, 0.2) is 0 Å². The van der Waals surface area contributed by atoms with Crippen LogP contribution in [0.25, 0.3) is 0 Å². The molecule has 134 valence electrons. The lowest BCUT2D eigenvalue weighted by molar-refractivity contribution is -0.132. The van der Waals surface area contributed by atoms with E-state index in [2.05, 4.69) is 0 Å². The first-order valence-corrected chi connectivity index (χ1v) is 8.28. The number of hydrogen-bond acceptors (Lipinski definition) is 3. The number of halogens is 1. The van der Waals surface area contributed by atoms with E-state index in [9.17, 15) is 14.3 Å². The molecule has 0 aliphatic carbocycles. The number of carbonyl (C=O) groups excluding carboxylic acids is 1. The summed E-state index contributed by atoms with van der Waals surface area (Å²) in [7, 11) is 1.68. The molecule has 0 radical (unpaired) electrons. The van der Waals surface area contributed by atoms with Crippen molar-refractivity contribution in [1.29, 1.82) is 0 Å². The third kappa shape index (κ3) is 5.87. The van der Waals surface area contributed by atoms with Gasteiger partial charge in [0.25, 0.3) is 0 Å². The van der Waals surface area contributed by atoms with Gasteiger partial charge in [-0.2, -0.15) is 0 Å². The van der Waals surface area contributed by atoms with E-state index in [1.54, 1.807) is 13.1 Å². The van der Waals surface area contributed by atoms with Crippen LogP contribution in [0, 0.1) is 5.82 Å². The standard InChI is InChI=1S/C20H24FNO3/c1-14(2)25-18-9-4-6-15(10-18)13-22(3)20(24)12-19(23)16-7-5-8-17(21)11-16/h4-11,14,19,23H,12-13H2,1-3H3. The van der Waals surface area contributed by atoms with E-state index in [0.29, 0.717) is 12.1 Å². The van der Waals surface area contributed by atoms with E-state index in [-0.39, 0.29) is 18.4 Å². The average molecular weight is 345 g/mol. The molecule has 0 spiro atoms. The van der Waals surface area contributed by atoms with Crippen LogP contribution in [0.4, 0.5) is 4.39 Å². The van der Waals surface area contributed by atoms with Gasteiger partial charge < -0.3 is 14.7 Å². The molecule has 4 nitrogen and oxygen atoms in total. The number of amides is 1. The molecule has 0 saturated carbocycles. The second-order valence-corrected chi connectivity index (χ2v) is 6.34. The third-order valence-electron chi connectivity index (χ3n) is 3.72. The lowest BCUT2D eigenvalue weighted by Crippen LogP contribution is -2.27. The van der Waals surface area contributed by atoms with Crippen LogP contribution in [0.3, 0.4) is 0 Å². The normalized spacial score (nSPS) is 12.1. The topological polar surface area (TPSA) is 49.8 Å². The van der Waals surface area contributed by atoms with Crippen LogP contribution in [0.1, 0.15) is 37.5 Å². The van der Waals surface area contributed by atoms with Crippen molar-refractivity contribution < 1.29 is 19.0 Å². The molecule has 0 aliphatic rings. The highest BCUT2D eigenvalue weighted by Crippen LogP contribution is 2.20. The second kappa shape index (κ2) is 8.62. The van der Waals surface area contributed by atoms with Gasteiger partial charge in [-0.05, 0) is 49.2 Å². The van der Waals surface area contributed by atoms with Crippen molar-refractivity contribution in [2.75, 3.05) is 7.05 Å². The third-order valence-corrected chi connectivity index (χ3v) is 3.72. The molecule has 0 heterocycles. The highest BCUT2D eigenvalue weighted by molar-refractivity contribution is 5.76. The van der Waals surface area contributed by atoms with Crippen molar-refractivity contribution in [3.8, 4) is 5.75 Å². The van der Waals surface area contributed by atoms with Crippen molar-refractivity contribution in [3.05, 3.63) is 65.5 Å². The van der Waals surface area contributed by atoms with Gasteiger partial charge in [-0.25, -0.2) is 4.39 Å². The smallest absolute Gasteiger partial charge is 0.225 e. The van der Waals surface area contributed by atoms with E-state index in [4.69, 9.17) is 4.74 Å². The first kappa shape index (κ1) is 18.9. The van der Waals surface area contributed by atoms with E-state index >= 15 is 0 Å². The minimum absolute atomic E-state index is 0.0797. The maximum Gasteiger partial charge on any atom is 0.225 e. The van der Waals surface area contributed by atoms with Gasteiger partial charge in [0, 0.05) is 13.6 Å². The molecule has 25 heavy (non-hydrogen) atoms. The van der Waals surface area contributed by atoms with Gasteiger partial charge in [0.2, 0.25) is 5.91 Å². The summed E-state index contributed by atoms with van der Waals surface area (Å²) in [6, 6.07) is 13.2. The molecular formula is C20H24FNO3. The number of ether oxygens (including phenoxy) is 1.